The second-order valence-electron chi connectivity index (χ2n) is 4.85. The highest BCUT2D eigenvalue weighted by Gasteiger charge is 2.39. The molecule has 1 fully saturated rings. The Hall–Kier alpha value is -1.66. The Balaban J connectivity index is 1.86. The first kappa shape index (κ1) is 13.3. The van der Waals surface area contributed by atoms with E-state index in [1.807, 2.05) is 36.4 Å². The van der Waals surface area contributed by atoms with E-state index < -0.39 is 24.6 Å². The minimum absolute atomic E-state index is 0.0757. The van der Waals surface area contributed by atoms with E-state index in [9.17, 15) is 15.3 Å². The molecular weight excluding hydrogens is 260 g/mol. The van der Waals surface area contributed by atoms with Crippen LogP contribution in [0.3, 0.4) is 0 Å². The number of aliphatic hydroxyl groups is 3. The monoisotopic (exact) mass is 276 g/mol. The van der Waals surface area contributed by atoms with Gasteiger partial charge in [0.25, 0.3) is 0 Å². The van der Waals surface area contributed by atoms with Gasteiger partial charge in [-0.1, -0.05) is 36.4 Å². The minimum Gasteiger partial charge on any atom is -0.461 e. The first-order chi connectivity index (χ1) is 9.66. The van der Waals surface area contributed by atoms with Crippen molar-refractivity contribution in [1.82, 2.24) is 0 Å². The molecule has 1 saturated heterocycles. The summed E-state index contributed by atoms with van der Waals surface area (Å²) in [4.78, 5) is 0. The first-order valence-corrected chi connectivity index (χ1v) is 6.47. The molecule has 0 aliphatic carbocycles. The van der Waals surface area contributed by atoms with Crippen LogP contribution in [-0.4, -0.2) is 46.5 Å². The zero-order valence-corrected chi connectivity index (χ0v) is 10.7. The standard InChI is InChI=1S/C15H16O5/c16-11-8-19-15(14(18)13(11)17)20-12-7-3-5-9-4-1-2-6-10(9)12/h1-7,11,13-18H,8H2/t11-,13+,14-,15+/m1/s1. The van der Waals surface area contributed by atoms with Crippen LogP contribution in [0, 0.1) is 0 Å². The Morgan fingerprint density at radius 2 is 1.70 bits per heavy atom. The van der Waals surface area contributed by atoms with Crippen LogP contribution >= 0.6 is 0 Å². The number of rotatable bonds is 2. The SMILES string of the molecule is O[C@@H]1[C@@H](O)[C@H](Oc2cccc3ccccc23)OC[C@H]1O. The Morgan fingerprint density at radius 1 is 0.950 bits per heavy atom. The molecule has 0 bridgehead atoms. The number of hydrogen-bond acceptors (Lipinski definition) is 5. The van der Waals surface area contributed by atoms with E-state index >= 15 is 0 Å². The molecule has 1 aliphatic heterocycles. The summed E-state index contributed by atoms with van der Waals surface area (Å²) in [6.07, 6.45) is -4.67. The van der Waals surface area contributed by atoms with Crippen LogP contribution in [0.1, 0.15) is 0 Å². The fourth-order valence-electron chi connectivity index (χ4n) is 2.31. The number of fused-ring (bicyclic) bond motifs is 1. The van der Waals surface area contributed by atoms with Crippen molar-refractivity contribution in [2.24, 2.45) is 0 Å². The summed E-state index contributed by atoms with van der Waals surface area (Å²) in [6.45, 7) is -0.0757. The Morgan fingerprint density at radius 3 is 2.55 bits per heavy atom. The molecule has 0 amide bonds. The topological polar surface area (TPSA) is 79.2 Å². The molecule has 106 valence electrons. The van der Waals surface area contributed by atoms with Crippen LogP contribution in [0.5, 0.6) is 5.75 Å². The number of ether oxygens (including phenoxy) is 2. The van der Waals surface area contributed by atoms with Crippen molar-refractivity contribution in [3.8, 4) is 5.75 Å². The van der Waals surface area contributed by atoms with Gasteiger partial charge >= 0.3 is 0 Å². The van der Waals surface area contributed by atoms with Crippen LogP contribution in [0.4, 0.5) is 0 Å². The fourth-order valence-corrected chi connectivity index (χ4v) is 2.31. The lowest BCUT2D eigenvalue weighted by molar-refractivity contribution is -0.241. The average Bonchev–Trinajstić information content (AvgIpc) is 2.48. The fraction of sp³-hybridized carbons (Fsp3) is 0.333. The van der Waals surface area contributed by atoms with Gasteiger partial charge in [-0.05, 0) is 11.5 Å². The Kier molecular flexibility index (Phi) is 3.58. The van der Waals surface area contributed by atoms with E-state index in [0.717, 1.165) is 10.8 Å². The molecule has 1 aliphatic rings. The second-order valence-corrected chi connectivity index (χ2v) is 4.85. The highest BCUT2D eigenvalue weighted by molar-refractivity contribution is 5.88. The Bertz CT molecular complexity index is 594. The van der Waals surface area contributed by atoms with Crippen molar-refractivity contribution in [3.05, 3.63) is 42.5 Å². The zero-order valence-electron chi connectivity index (χ0n) is 10.7. The van der Waals surface area contributed by atoms with E-state index in [1.165, 1.54) is 0 Å². The molecule has 0 saturated carbocycles. The predicted molar refractivity (Wildman–Crippen MR) is 72.3 cm³/mol. The molecule has 2 aromatic carbocycles. The van der Waals surface area contributed by atoms with Gasteiger partial charge in [0.2, 0.25) is 6.29 Å². The third-order valence-corrected chi connectivity index (χ3v) is 3.45. The number of aliphatic hydroxyl groups excluding tert-OH is 3. The second kappa shape index (κ2) is 5.38. The average molecular weight is 276 g/mol. The molecule has 3 N–H and O–H groups in total. The summed E-state index contributed by atoms with van der Waals surface area (Å²) < 4.78 is 10.9. The van der Waals surface area contributed by atoms with Crippen molar-refractivity contribution in [2.75, 3.05) is 6.61 Å². The quantitative estimate of drug-likeness (QED) is 0.751. The minimum atomic E-state index is -1.29. The van der Waals surface area contributed by atoms with Crippen LogP contribution in [-0.2, 0) is 4.74 Å². The summed E-state index contributed by atoms with van der Waals surface area (Å²) in [5, 5.41) is 30.8. The van der Waals surface area contributed by atoms with Gasteiger partial charge in [-0.3, -0.25) is 0 Å². The lowest BCUT2D eigenvalue weighted by Gasteiger charge is -2.35. The maximum atomic E-state index is 9.88. The van der Waals surface area contributed by atoms with Gasteiger partial charge in [0, 0.05) is 5.39 Å². The number of hydrogen-bond donors (Lipinski definition) is 3. The summed E-state index contributed by atoms with van der Waals surface area (Å²) in [7, 11) is 0. The molecule has 20 heavy (non-hydrogen) atoms. The summed E-state index contributed by atoms with van der Waals surface area (Å²) in [5.74, 6) is 0.565. The molecule has 1 heterocycles. The molecule has 0 radical (unpaired) electrons. The lowest BCUT2D eigenvalue weighted by atomic mass is 10.1. The van der Waals surface area contributed by atoms with Gasteiger partial charge < -0.3 is 24.8 Å². The van der Waals surface area contributed by atoms with E-state index in [1.54, 1.807) is 6.07 Å². The normalized spacial score (nSPS) is 30.4. The van der Waals surface area contributed by atoms with Crippen LogP contribution in [0.25, 0.3) is 10.8 Å². The summed E-state index contributed by atoms with van der Waals surface area (Å²) in [5.41, 5.74) is 0. The van der Waals surface area contributed by atoms with Crippen molar-refractivity contribution < 1.29 is 24.8 Å². The maximum Gasteiger partial charge on any atom is 0.228 e. The third-order valence-electron chi connectivity index (χ3n) is 3.45. The van der Waals surface area contributed by atoms with Crippen molar-refractivity contribution >= 4 is 10.8 Å². The predicted octanol–water partition coefficient (Wildman–Crippen LogP) is 0.658. The molecular formula is C15H16O5. The summed E-state index contributed by atoms with van der Waals surface area (Å²) >= 11 is 0. The molecule has 5 heteroatoms. The van der Waals surface area contributed by atoms with Crippen molar-refractivity contribution in [1.29, 1.82) is 0 Å². The van der Waals surface area contributed by atoms with Gasteiger partial charge in [0.15, 0.2) is 0 Å². The Labute approximate surface area is 116 Å². The highest BCUT2D eigenvalue weighted by Crippen LogP contribution is 2.28. The van der Waals surface area contributed by atoms with Crippen LogP contribution < -0.4 is 4.74 Å². The van der Waals surface area contributed by atoms with Crippen LogP contribution in [0.2, 0.25) is 0 Å². The van der Waals surface area contributed by atoms with E-state index in [4.69, 9.17) is 9.47 Å². The van der Waals surface area contributed by atoms with E-state index in [0.29, 0.717) is 5.75 Å². The van der Waals surface area contributed by atoms with Gasteiger partial charge in [-0.15, -0.1) is 0 Å². The molecule has 2 aromatic rings. The molecule has 4 atom stereocenters. The lowest BCUT2D eigenvalue weighted by Crippen LogP contribution is -2.54. The van der Waals surface area contributed by atoms with Gasteiger partial charge in [-0.2, -0.15) is 0 Å². The molecule has 3 rings (SSSR count). The van der Waals surface area contributed by atoms with Gasteiger partial charge in [0.1, 0.15) is 24.1 Å². The molecule has 0 spiro atoms. The van der Waals surface area contributed by atoms with Crippen molar-refractivity contribution in [2.45, 2.75) is 24.6 Å². The van der Waals surface area contributed by atoms with Gasteiger partial charge in [0.05, 0.1) is 6.61 Å². The first-order valence-electron chi connectivity index (χ1n) is 6.47. The van der Waals surface area contributed by atoms with Crippen molar-refractivity contribution in [3.63, 3.8) is 0 Å². The zero-order chi connectivity index (χ0) is 14.1. The van der Waals surface area contributed by atoms with Crippen LogP contribution in [0.15, 0.2) is 42.5 Å². The maximum absolute atomic E-state index is 9.88. The molecule has 0 aromatic heterocycles. The largest absolute Gasteiger partial charge is 0.461 e. The molecule has 5 nitrogen and oxygen atoms in total. The van der Waals surface area contributed by atoms with Gasteiger partial charge in [-0.25, -0.2) is 0 Å². The smallest absolute Gasteiger partial charge is 0.228 e. The summed E-state index contributed by atoms with van der Waals surface area (Å²) in [6, 6.07) is 13.3. The third kappa shape index (κ3) is 2.36. The molecule has 0 unspecified atom stereocenters. The number of benzene rings is 2. The van der Waals surface area contributed by atoms with E-state index in [-0.39, 0.29) is 6.61 Å². The highest BCUT2D eigenvalue weighted by atomic mass is 16.7. The van der Waals surface area contributed by atoms with E-state index in [2.05, 4.69) is 0 Å².